The van der Waals surface area contributed by atoms with Gasteiger partial charge in [-0.1, -0.05) is 0 Å². The third kappa shape index (κ3) is 2.26. The van der Waals surface area contributed by atoms with Crippen LogP contribution in [0.25, 0.3) is 0 Å². The molecular weight excluding hydrogens is 227 g/mol. The molecule has 2 rings (SSSR count). The predicted molar refractivity (Wildman–Crippen MR) is 53.8 cm³/mol. The molecule has 1 atom stereocenters. The van der Waals surface area contributed by atoms with Gasteiger partial charge < -0.3 is 5.32 Å². The molecule has 15 heavy (non-hydrogen) atoms. The number of halogens is 4. The van der Waals surface area contributed by atoms with E-state index in [9.17, 15) is 13.2 Å². The van der Waals surface area contributed by atoms with Crippen molar-refractivity contribution in [3.63, 3.8) is 0 Å². The molecule has 0 spiro atoms. The molecule has 1 saturated heterocycles. The van der Waals surface area contributed by atoms with Crippen LogP contribution < -0.4 is 5.32 Å². The summed E-state index contributed by atoms with van der Waals surface area (Å²) in [4.78, 5) is 0. The van der Waals surface area contributed by atoms with E-state index in [1.54, 1.807) is 0 Å². The Morgan fingerprint density at radius 3 is 2.40 bits per heavy atom. The highest BCUT2D eigenvalue weighted by molar-refractivity contribution is 5.85. The Morgan fingerprint density at radius 2 is 1.80 bits per heavy atom. The van der Waals surface area contributed by atoms with E-state index >= 15 is 0 Å². The smallest absolute Gasteiger partial charge is 0.165 e. The molecule has 1 fully saturated rings. The molecule has 5 heteroatoms. The molecule has 0 aliphatic carbocycles. The molecule has 1 nitrogen and oxygen atoms in total. The van der Waals surface area contributed by atoms with Gasteiger partial charge in [-0.15, -0.1) is 12.4 Å². The Kier molecular flexibility index (Phi) is 3.99. The average Bonchev–Trinajstić information content (AvgIpc) is 2.65. The molecule has 0 amide bonds. The summed E-state index contributed by atoms with van der Waals surface area (Å²) in [5.74, 6) is -2.92. The van der Waals surface area contributed by atoms with Crippen molar-refractivity contribution in [1.29, 1.82) is 0 Å². The fraction of sp³-hybridized carbons (Fsp3) is 0.400. The fourth-order valence-electron chi connectivity index (χ4n) is 1.82. The van der Waals surface area contributed by atoms with Crippen molar-refractivity contribution in [3.05, 3.63) is 35.1 Å². The highest BCUT2D eigenvalue weighted by Crippen LogP contribution is 2.28. The van der Waals surface area contributed by atoms with Crippen LogP contribution in [0, 0.1) is 17.5 Å². The third-order valence-corrected chi connectivity index (χ3v) is 2.55. The molecule has 1 aromatic rings. The first kappa shape index (κ1) is 12.3. The topological polar surface area (TPSA) is 12.0 Å². The molecule has 1 heterocycles. The van der Waals surface area contributed by atoms with E-state index in [1.165, 1.54) is 0 Å². The minimum Gasteiger partial charge on any atom is -0.316 e. The molecule has 0 saturated carbocycles. The van der Waals surface area contributed by atoms with Crippen LogP contribution in [0.5, 0.6) is 0 Å². The Bertz CT molecular complexity index is 351. The van der Waals surface area contributed by atoms with Gasteiger partial charge in [0.1, 0.15) is 5.82 Å². The van der Waals surface area contributed by atoms with Crippen molar-refractivity contribution in [3.8, 4) is 0 Å². The lowest BCUT2D eigenvalue weighted by atomic mass is 9.97. The summed E-state index contributed by atoms with van der Waals surface area (Å²) in [6, 6.07) is 1.79. The Labute approximate surface area is 92.1 Å². The summed E-state index contributed by atoms with van der Waals surface area (Å²) < 4.78 is 39.4. The number of rotatable bonds is 1. The molecule has 84 valence electrons. The number of hydrogen-bond acceptors (Lipinski definition) is 1. The van der Waals surface area contributed by atoms with E-state index in [1.807, 2.05) is 0 Å². The second kappa shape index (κ2) is 4.86. The van der Waals surface area contributed by atoms with Crippen LogP contribution in [0.1, 0.15) is 17.9 Å². The minimum absolute atomic E-state index is 0. The predicted octanol–water partition coefficient (Wildman–Crippen LogP) is 2.60. The summed E-state index contributed by atoms with van der Waals surface area (Å²) in [7, 11) is 0. The van der Waals surface area contributed by atoms with E-state index in [0.717, 1.165) is 18.7 Å². The lowest BCUT2D eigenvalue weighted by molar-refractivity contribution is 0.467. The van der Waals surface area contributed by atoms with Crippen LogP contribution in [0.4, 0.5) is 13.2 Å². The van der Waals surface area contributed by atoms with Crippen LogP contribution in [0.3, 0.4) is 0 Å². The van der Waals surface area contributed by atoms with Crippen molar-refractivity contribution in [2.75, 3.05) is 13.1 Å². The quantitative estimate of drug-likeness (QED) is 0.741. The molecule has 0 aromatic heterocycles. The van der Waals surface area contributed by atoms with Gasteiger partial charge >= 0.3 is 0 Å². The summed E-state index contributed by atoms with van der Waals surface area (Å²) in [5.41, 5.74) is -0.116. The van der Waals surface area contributed by atoms with Crippen molar-refractivity contribution in [2.24, 2.45) is 0 Å². The summed E-state index contributed by atoms with van der Waals surface area (Å²) in [5, 5.41) is 2.99. The van der Waals surface area contributed by atoms with E-state index in [-0.39, 0.29) is 23.9 Å². The van der Waals surface area contributed by atoms with Crippen molar-refractivity contribution in [2.45, 2.75) is 12.3 Å². The zero-order chi connectivity index (χ0) is 10.1. The Balaban J connectivity index is 0.00000112. The van der Waals surface area contributed by atoms with Gasteiger partial charge in [-0.2, -0.15) is 0 Å². The first-order valence-corrected chi connectivity index (χ1v) is 4.54. The van der Waals surface area contributed by atoms with Crippen molar-refractivity contribution < 1.29 is 13.2 Å². The maximum absolute atomic E-state index is 13.3. The zero-order valence-corrected chi connectivity index (χ0v) is 8.71. The normalized spacial score (nSPS) is 20.1. The highest BCUT2D eigenvalue weighted by Gasteiger charge is 2.25. The average molecular weight is 238 g/mol. The number of hydrogen-bond donors (Lipinski definition) is 1. The highest BCUT2D eigenvalue weighted by atomic mass is 35.5. The van der Waals surface area contributed by atoms with Gasteiger partial charge in [0.2, 0.25) is 0 Å². The Hall–Kier alpha value is -0.740. The fourth-order valence-corrected chi connectivity index (χ4v) is 1.82. The minimum atomic E-state index is -1.04. The van der Waals surface area contributed by atoms with Crippen molar-refractivity contribution >= 4 is 12.4 Å². The first-order valence-electron chi connectivity index (χ1n) is 4.54. The van der Waals surface area contributed by atoms with Crippen LogP contribution in [-0.2, 0) is 0 Å². The zero-order valence-electron chi connectivity index (χ0n) is 7.90. The van der Waals surface area contributed by atoms with Crippen LogP contribution >= 0.6 is 12.4 Å². The van der Waals surface area contributed by atoms with E-state index in [4.69, 9.17) is 0 Å². The molecule has 1 aliphatic rings. The molecule has 1 aliphatic heterocycles. The van der Waals surface area contributed by atoms with Crippen LogP contribution in [0.15, 0.2) is 12.1 Å². The van der Waals surface area contributed by atoms with E-state index < -0.39 is 17.5 Å². The summed E-state index contributed by atoms with van der Waals surface area (Å²) in [6.45, 7) is 1.23. The standard InChI is InChI=1S/C10H10F3N.ClH/c11-7-1-2-8(12)10(13)9(7)6-3-4-14-5-6;/h1-2,6,14H,3-5H2;1H. The summed E-state index contributed by atoms with van der Waals surface area (Å²) >= 11 is 0. The second-order valence-corrected chi connectivity index (χ2v) is 3.45. The van der Waals surface area contributed by atoms with Gasteiger partial charge in [0.05, 0.1) is 0 Å². The largest absolute Gasteiger partial charge is 0.316 e. The van der Waals surface area contributed by atoms with E-state index in [0.29, 0.717) is 13.0 Å². The van der Waals surface area contributed by atoms with Gasteiger partial charge in [0.25, 0.3) is 0 Å². The van der Waals surface area contributed by atoms with Gasteiger partial charge in [-0.3, -0.25) is 0 Å². The maximum atomic E-state index is 13.3. The van der Waals surface area contributed by atoms with Gasteiger partial charge in [0, 0.05) is 18.0 Å². The summed E-state index contributed by atoms with van der Waals surface area (Å²) in [6.07, 6.45) is 0.650. The SMILES string of the molecule is Cl.Fc1ccc(F)c(C2CCNC2)c1F. The van der Waals surface area contributed by atoms with Gasteiger partial charge in [-0.05, 0) is 25.1 Å². The lowest BCUT2D eigenvalue weighted by Gasteiger charge is -2.11. The third-order valence-electron chi connectivity index (χ3n) is 2.55. The second-order valence-electron chi connectivity index (χ2n) is 3.45. The van der Waals surface area contributed by atoms with Crippen LogP contribution in [0.2, 0.25) is 0 Å². The molecule has 1 unspecified atom stereocenters. The molecular formula is C10H11ClF3N. The van der Waals surface area contributed by atoms with E-state index in [2.05, 4.69) is 5.32 Å². The molecule has 1 aromatic carbocycles. The lowest BCUT2D eigenvalue weighted by Crippen LogP contribution is -2.11. The maximum Gasteiger partial charge on any atom is 0.165 e. The van der Waals surface area contributed by atoms with Crippen LogP contribution in [-0.4, -0.2) is 13.1 Å². The number of benzene rings is 1. The monoisotopic (exact) mass is 237 g/mol. The Morgan fingerprint density at radius 1 is 1.13 bits per heavy atom. The number of nitrogens with one attached hydrogen (secondary N) is 1. The first-order chi connectivity index (χ1) is 6.70. The van der Waals surface area contributed by atoms with Crippen molar-refractivity contribution in [1.82, 2.24) is 5.32 Å². The van der Waals surface area contributed by atoms with Gasteiger partial charge in [0.15, 0.2) is 11.6 Å². The molecule has 1 N–H and O–H groups in total. The molecule has 0 radical (unpaired) electrons. The van der Waals surface area contributed by atoms with Gasteiger partial charge in [-0.25, -0.2) is 13.2 Å². The molecule has 0 bridgehead atoms.